The van der Waals surface area contributed by atoms with E-state index in [1.165, 1.54) is 0 Å². The molecule has 2 nitrogen and oxygen atoms in total. The van der Waals surface area contributed by atoms with Crippen LogP contribution in [0.3, 0.4) is 0 Å². The molecule has 6 heteroatoms. The topological polar surface area (TPSA) is 24.9 Å². The number of anilines is 2. The summed E-state index contributed by atoms with van der Waals surface area (Å²) in [6, 6.07) is 7.32. The van der Waals surface area contributed by atoms with Crippen molar-refractivity contribution in [2.24, 2.45) is 0 Å². The van der Waals surface area contributed by atoms with Gasteiger partial charge in [-0.1, -0.05) is 23.2 Å². The first-order valence-corrected chi connectivity index (χ1v) is 6.93. The van der Waals surface area contributed by atoms with Gasteiger partial charge in [0.2, 0.25) is 0 Å². The number of nitrogens with zero attached hydrogens (tertiary/aromatic N) is 1. The van der Waals surface area contributed by atoms with Crippen molar-refractivity contribution in [3.05, 3.63) is 49.5 Å². The fraction of sp³-hybridized carbons (Fsp3) is 0. The number of hydrogen-bond acceptors (Lipinski definition) is 2. The summed E-state index contributed by atoms with van der Waals surface area (Å²) in [6.45, 7) is 0. The lowest BCUT2D eigenvalue weighted by Crippen LogP contribution is -1.94. The summed E-state index contributed by atoms with van der Waals surface area (Å²) in [4.78, 5) is 4.18. The molecule has 1 heterocycles. The van der Waals surface area contributed by atoms with Crippen molar-refractivity contribution in [2.75, 3.05) is 5.32 Å². The Morgan fingerprint density at radius 2 is 1.82 bits per heavy atom. The maximum Gasteiger partial charge on any atom is 0.149 e. The van der Waals surface area contributed by atoms with Gasteiger partial charge in [0.25, 0.3) is 0 Å². The Morgan fingerprint density at radius 3 is 2.47 bits per heavy atom. The Hall–Kier alpha value is -0.290. The molecule has 0 aliphatic heterocycles. The summed E-state index contributed by atoms with van der Waals surface area (Å²) in [5, 5.41) is 4.27. The Kier molecular flexibility index (Phi) is 4.31. The third-order valence-corrected chi connectivity index (χ3v) is 3.94. The highest BCUT2D eigenvalue weighted by Gasteiger charge is 2.04. The van der Waals surface area contributed by atoms with Crippen LogP contribution in [0.15, 0.2) is 39.4 Å². The van der Waals surface area contributed by atoms with Gasteiger partial charge in [-0.25, -0.2) is 4.98 Å². The zero-order chi connectivity index (χ0) is 12.4. The Labute approximate surface area is 126 Å². The number of rotatable bonds is 2. The highest BCUT2D eigenvalue weighted by Crippen LogP contribution is 2.29. The molecule has 0 saturated heterocycles. The summed E-state index contributed by atoms with van der Waals surface area (Å²) in [5.74, 6) is 0.591. The summed E-state index contributed by atoms with van der Waals surface area (Å²) < 4.78 is 1.68. The van der Waals surface area contributed by atoms with Crippen molar-refractivity contribution >= 4 is 66.6 Å². The lowest BCUT2D eigenvalue weighted by molar-refractivity contribution is 1.29. The molecule has 0 bridgehead atoms. The first-order chi connectivity index (χ1) is 8.06. The number of hydrogen-bond donors (Lipinski definition) is 1. The standard InChI is InChI=1S/C11H6Br2Cl2N2/c12-6-3-10(15)11(16-5-6)17-7-1-2-8(13)9(14)4-7/h1-5H,(H,16,17). The van der Waals surface area contributed by atoms with Crippen LogP contribution >= 0.6 is 55.1 Å². The number of pyridine rings is 1. The molecule has 1 aromatic heterocycles. The number of benzene rings is 1. The van der Waals surface area contributed by atoms with Crippen LogP contribution in [0.4, 0.5) is 11.5 Å². The lowest BCUT2D eigenvalue weighted by Gasteiger charge is -2.08. The minimum atomic E-state index is 0.540. The molecule has 2 rings (SSSR count). The molecule has 0 amide bonds. The van der Waals surface area contributed by atoms with Crippen molar-refractivity contribution < 1.29 is 0 Å². The van der Waals surface area contributed by atoms with Crippen molar-refractivity contribution in [3.63, 3.8) is 0 Å². The lowest BCUT2D eigenvalue weighted by atomic mass is 10.3. The minimum Gasteiger partial charge on any atom is -0.339 e. The van der Waals surface area contributed by atoms with Gasteiger partial charge in [-0.05, 0) is 56.1 Å². The molecule has 1 aromatic carbocycles. The van der Waals surface area contributed by atoms with Crippen LogP contribution in [0, 0.1) is 0 Å². The van der Waals surface area contributed by atoms with Gasteiger partial charge >= 0.3 is 0 Å². The van der Waals surface area contributed by atoms with Gasteiger partial charge in [0.05, 0.1) is 10.0 Å². The van der Waals surface area contributed by atoms with E-state index in [1.54, 1.807) is 18.3 Å². The first kappa shape index (κ1) is 13.1. The fourth-order valence-corrected chi connectivity index (χ4v) is 2.32. The molecule has 0 spiro atoms. The van der Waals surface area contributed by atoms with Gasteiger partial charge in [-0.15, -0.1) is 0 Å². The molecule has 0 aliphatic carbocycles. The minimum absolute atomic E-state index is 0.540. The normalized spacial score (nSPS) is 10.4. The zero-order valence-electron chi connectivity index (χ0n) is 8.35. The predicted octanol–water partition coefficient (Wildman–Crippen LogP) is 5.66. The summed E-state index contributed by atoms with van der Waals surface area (Å²) in [5.41, 5.74) is 0.829. The maximum absolute atomic E-state index is 6.05. The van der Waals surface area contributed by atoms with Crippen LogP contribution < -0.4 is 5.32 Å². The molecule has 0 unspecified atom stereocenters. The van der Waals surface area contributed by atoms with E-state index in [-0.39, 0.29) is 0 Å². The summed E-state index contributed by atoms with van der Waals surface area (Å²) >= 11 is 18.7. The van der Waals surface area contributed by atoms with Crippen LogP contribution in [-0.2, 0) is 0 Å². The van der Waals surface area contributed by atoms with Gasteiger partial charge in [0, 0.05) is 20.8 Å². The number of aromatic nitrogens is 1. The Bertz CT molecular complexity index is 561. The molecule has 0 fully saturated rings. The molecular weight excluding hydrogens is 391 g/mol. The first-order valence-electron chi connectivity index (χ1n) is 4.59. The van der Waals surface area contributed by atoms with Crippen molar-refractivity contribution in [2.45, 2.75) is 0 Å². The van der Waals surface area contributed by atoms with Crippen LogP contribution in [0.5, 0.6) is 0 Å². The van der Waals surface area contributed by atoms with Gasteiger partial charge in [-0.3, -0.25) is 0 Å². The smallest absolute Gasteiger partial charge is 0.149 e. The fourth-order valence-electron chi connectivity index (χ4n) is 1.22. The molecule has 17 heavy (non-hydrogen) atoms. The van der Waals surface area contributed by atoms with Gasteiger partial charge in [-0.2, -0.15) is 0 Å². The summed E-state index contributed by atoms with van der Waals surface area (Å²) in [6.07, 6.45) is 1.68. The van der Waals surface area contributed by atoms with Crippen LogP contribution in [0.2, 0.25) is 10.0 Å². The zero-order valence-corrected chi connectivity index (χ0v) is 13.0. The molecule has 0 aliphatic rings. The molecule has 0 radical (unpaired) electrons. The highest BCUT2D eigenvalue weighted by atomic mass is 79.9. The monoisotopic (exact) mass is 394 g/mol. The van der Waals surface area contributed by atoms with E-state index in [1.807, 2.05) is 12.1 Å². The second kappa shape index (κ2) is 5.57. The Balaban J connectivity index is 2.28. The molecule has 0 atom stereocenters. The van der Waals surface area contributed by atoms with Gasteiger partial charge in [0.15, 0.2) is 0 Å². The van der Waals surface area contributed by atoms with E-state index < -0.39 is 0 Å². The highest BCUT2D eigenvalue weighted by molar-refractivity contribution is 9.10. The SMILES string of the molecule is Clc1cc(Nc2ncc(Br)cc2Cl)ccc1Br. The van der Waals surface area contributed by atoms with Crippen LogP contribution in [0.25, 0.3) is 0 Å². The average Bonchev–Trinajstić information content (AvgIpc) is 2.27. The molecule has 1 N–H and O–H groups in total. The maximum atomic E-state index is 6.05. The molecule has 0 saturated carbocycles. The van der Waals surface area contributed by atoms with Crippen LogP contribution in [0.1, 0.15) is 0 Å². The predicted molar refractivity (Wildman–Crippen MR) is 79.4 cm³/mol. The Morgan fingerprint density at radius 1 is 1.06 bits per heavy atom. The van der Waals surface area contributed by atoms with E-state index in [9.17, 15) is 0 Å². The average molecular weight is 397 g/mol. The van der Waals surface area contributed by atoms with Crippen molar-refractivity contribution in [1.29, 1.82) is 0 Å². The second-order valence-electron chi connectivity index (χ2n) is 3.24. The summed E-state index contributed by atoms with van der Waals surface area (Å²) in [7, 11) is 0. The molecule has 88 valence electrons. The van der Waals surface area contributed by atoms with E-state index in [0.29, 0.717) is 15.9 Å². The second-order valence-corrected chi connectivity index (χ2v) is 5.82. The number of halogens is 4. The van der Waals surface area contributed by atoms with E-state index in [2.05, 4.69) is 42.2 Å². The third-order valence-electron chi connectivity index (χ3n) is 1.99. The van der Waals surface area contributed by atoms with Crippen molar-refractivity contribution in [1.82, 2.24) is 4.98 Å². The van der Waals surface area contributed by atoms with Gasteiger partial charge < -0.3 is 5.32 Å². The quantitative estimate of drug-likeness (QED) is 0.708. The van der Waals surface area contributed by atoms with Crippen LogP contribution in [-0.4, -0.2) is 4.98 Å². The largest absolute Gasteiger partial charge is 0.339 e. The van der Waals surface area contributed by atoms with Crippen molar-refractivity contribution in [3.8, 4) is 0 Å². The number of nitrogens with one attached hydrogen (secondary N) is 1. The van der Waals surface area contributed by atoms with E-state index in [4.69, 9.17) is 23.2 Å². The molecular formula is C11H6Br2Cl2N2. The van der Waals surface area contributed by atoms with E-state index >= 15 is 0 Å². The molecule has 2 aromatic rings. The van der Waals surface area contributed by atoms with E-state index in [0.717, 1.165) is 14.6 Å². The van der Waals surface area contributed by atoms with Gasteiger partial charge in [0.1, 0.15) is 5.82 Å². The third kappa shape index (κ3) is 3.35.